The molecule has 6 N–H and O–H groups in total. The number of amides is 2. The van der Waals surface area contributed by atoms with Gasteiger partial charge in [-0.3, -0.25) is 24.8 Å². The zero-order valence-electron chi connectivity index (χ0n) is 21.3. The fourth-order valence-corrected chi connectivity index (χ4v) is 6.49. The second-order valence-corrected chi connectivity index (χ2v) is 10.9. The molecule has 42 heavy (non-hydrogen) atoms. The lowest BCUT2D eigenvalue weighted by atomic mass is 10.0. The van der Waals surface area contributed by atoms with E-state index in [1.54, 1.807) is 0 Å². The smallest absolute Gasteiger partial charge is 0.355 e. The van der Waals surface area contributed by atoms with Crippen molar-refractivity contribution < 1.29 is 39.1 Å². The number of terminal acetylenes is 1. The number of β-lactam (4-membered cyclic amide) rings is 1. The van der Waals surface area contributed by atoms with Crippen LogP contribution in [0.4, 0.5) is 5.13 Å². The van der Waals surface area contributed by atoms with Crippen molar-refractivity contribution in [2.45, 2.75) is 16.6 Å². The van der Waals surface area contributed by atoms with Crippen LogP contribution in [-0.4, -0.2) is 106 Å². The Morgan fingerprint density at radius 1 is 1.40 bits per heavy atom. The number of oxime groups is 1. The van der Waals surface area contributed by atoms with Crippen LogP contribution in [0.2, 0.25) is 0 Å². The number of fused-ring (bicyclic) bond motifs is 1. The summed E-state index contributed by atoms with van der Waals surface area (Å²) in [6.07, 6.45) is 6.23. The molecule has 2 aliphatic heterocycles. The normalized spacial score (nSPS) is 18.6. The van der Waals surface area contributed by atoms with E-state index < -0.39 is 35.2 Å². The molecule has 2 amide bonds. The van der Waals surface area contributed by atoms with Crippen molar-refractivity contribution in [2.24, 2.45) is 5.16 Å². The van der Waals surface area contributed by atoms with Gasteiger partial charge < -0.3 is 26.1 Å². The molecule has 0 bridgehead atoms. The number of nitrogens with zero attached hydrogens (tertiary/aromatic N) is 7. The topological polar surface area (TPSA) is 249 Å². The SMILES string of the molecule is C#CCON=C(C(=O)NC1C(=O)N2C(C(=O)O)=C(CSc3nnnn3C=C(NOC)C(=O)O)CS[C@@H]12)c1csc(N)n1. The number of nitrogens with one attached hydrogen (secondary N) is 2. The van der Waals surface area contributed by atoms with E-state index in [2.05, 4.69) is 47.2 Å². The van der Waals surface area contributed by atoms with E-state index in [9.17, 15) is 29.4 Å². The van der Waals surface area contributed by atoms with Crippen molar-refractivity contribution in [3.05, 3.63) is 28.0 Å². The van der Waals surface area contributed by atoms with Gasteiger partial charge in [-0.15, -0.1) is 34.6 Å². The number of aromatic nitrogens is 5. The summed E-state index contributed by atoms with van der Waals surface area (Å²) < 4.78 is 1.07. The monoisotopic (exact) mass is 636 g/mol. The van der Waals surface area contributed by atoms with Crippen molar-refractivity contribution >= 4 is 75.7 Å². The van der Waals surface area contributed by atoms with Gasteiger partial charge in [-0.2, -0.15) is 4.68 Å². The van der Waals surface area contributed by atoms with Gasteiger partial charge in [0.05, 0.1) is 13.3 Å². The Balaban J connectivity index is 1.49. The fourth-order valence-electron chi connectivity index (χ4n) is 3.61. The molecule has 0 aliphatic carbocycles. The number of thiazole rings is 1. The Morgan fingerprint density at radius 3 is 2.83 bits per heavy atom. The maximum absolute atomic E-state index is 13.1. The third kappa shape index (κ3) is 6.46. The summed E-state index contributed by atoms with van der Waals surface area (Å²) in [5, 5.41) is 37.7. The molecule has 2 atom stereocenters. The number of carboxylic acid groups (broad SMARTS) is 2. The highest BCUT2D eigenvalue weighted by Gasteiger charge is 2.54. The van der Waals surface area contributed by atoms with Gasteiger partial charge in [0.25, 0.3) is 11.8 Å². The maximum atomic E-state index is 13.1. The molecule has 0 radical (unpaired) electrons. The number of carboxylic acids is 2. The zero-order chi connectivity index (χ0) is 30.4. The molecule has 4 rings (SSSR count). The molecule has 0 aromatic carbocycles. The molecule has 2 aliphatic rings. The lowest BCUT2D eigenvalue weighted by Crippen LogP contribution is -2.71. The summed E-state index contributed by atoms with van der Waals surface area (Å²) >= 11 is 3.33. The van der Waals surface area contributed by atoms with Gasteiger partial charge in [-0.1, -0.05) is 22.8 Å². The first-order valence-electron chi connectivity index (χ1n) is 11.4. The highest BCUT2D eigenvalue weighted by atomic mass is 32.2. The summed E-state index contributed by atoms with van der Waals surface area (Å²) in [4.78, 5) is 64.4. The van der Waals surface area contributed by atoms with Gasteiger partial charge in [-0.05, 0) is 16.0 Å². The summed E-state index contributed by atoms with van der Waals surface area (Å²) in [6.45, 7) is -0.216. The largest absolute Gasteiger partial charge is 0.477 e. The first-order chi connectivity index (χ1) is 20.2. The maximum Gasteiger partial charge on any atom is 0.355 e. The van der Waals surface area contributed by atoms with Gasteiger partial charge in [-0.25, -0.2) is 14.6 Å². The average Bonchev–Trinajstić information content (AvgIpc) is 3.60. The van der Waals surface area contributed by atoms with Crippen LogP contribution in [0.3, 0.4) is 0 Å². The van der Waals surface area contributed by atoms with Gasteiger partial charge in [0, 0.05) is 16.9 Å². The standard InChI is InChI=1S/C21H20N10O8S3/c1-3-4-39-27-12(11-8-41-20(22)23-11)15(32)24-13-16(33)31-14(19(36)37)9(6-40-17(13)31)7-42-21-25-28-29-30(21)5-10(18(34)35)26-38-2/h1,5,8,13,17,26H,4,6-7H2,2H3,(H2,22,23)(H,24,32)(H,34,35)(H,36,37)/t13?,17-/m0/s1. The number of aliphatic carboxylic acids is 2. The Morgan fingerprint density at radius 2 is 2.19 bits per heavy atom. The molecule has 1 saturated heterocycles. The number of hydroxylamine groups is 1. The summed E-state index contributed by atoms with van der Waals surface area (Å²) in [5.41, 5.74) is 7.50. The number of nitrogens with two attached hydrogens (primary N) is 1. The molecule has 4 heterocycles. The second-order valence-electron chi connectivity index (χ2n) is 7.96. The lowest BCUT2D eigenvalue weighted by molar-refractivity contribution is -0.150. The van der Waals surface area contributed by atoms with Crippen LogP contribution in [0, 0.1) is 12.3 Å². The van der Waals surface area contributed by atoms with Crippen LogP contribution < -0.4 is 16.5 Å². The van der Waals surface area contributed by atoms with Crippen LogP contribution >= 0.6 is 34.9 Å². The number of nitrogen functional groups attached to an aromatic ring is 1. The Labute approximate surface area is 248 Å². The van der Waals surface area contributed by atoms with E-state index in [4.69, 9.17) is 17.0 Å². The van der Waals surface area contributed by atoms with Gasteiger partial charge in [0.15, 0.2) is 23.1 Å². The van der Waals surface area contributed by atoms with Crippen LogP contribution in [0.1, 0.15) is 5.69 Å². The van der Waals surface area contributed by atoms with Crippen LogP contribution in [0.15, 0.2) is 32.7 Å². The highest BCUT2D eigenvalue weighted by Crippen LogP contribution is 2.41. The number of hydrogen-bond acceptors (Lipinski definition) is 16. The third-order valence-electron chi connectivity index (χ3n) is 5.35. The number of anilines is 1. The first-order valence-corrected chi connectivity index (χ1v) is 14.3. The van der Waals surface area contributed by atoms with Crippen molar-refractivity contribution in [3.8, 4) is 12.3 Å². The van der Waals surface area contributed by atoms with E-state index in [0.717, 1.165) is 38.9 Å². The van der Waals surface area contributed by atoms with E-state index in [-0.39, 0.29) is 51.2 Å². The van der Waals surface area contributed by atoms with Gasteiger partial charge in [0.2, 0.25) is 5.16 Å². The van der Waals surface area contributed by atoms with Crippen LogP contribution in [0.5, 0.6) is 0 Å². The predicted molar refractivity (Wildman–Crippen MR) is 148 cm³/mol. The van der Waals surface area contributed by atoms with Gasteiger partial charge >= 0.3 is 11.9 Å². The first kappa shape index (κ1) is 30.3. The quantitative estimate of drug-likeness (QED) is 0.0323. The minimum atomic E-state index is -1.34. The number of carbonyl (C=O) groups is 4. The average molecular weight is 637 g/mol. The number of thioether (sulfide) groups is 2. The molecule has 21 heteroatoms. The van der Waals surface area contributed by atoms with E-state index >= 15 is 0 Å². The molecule has 1 fully saturated rings. The lowest BCUT2D eigenvalue weighted by Gasteiger charge is -2.49. The fraction of sp³-hybridized carbons (Fsp3) is 0.286. The van der Waals surface area contributed by atoms with Crippen LogP contribution in [-0.2, 0) is 28.9 Å². The van der Waals surface area contributed by atoms with E-state index in [1.165, 1.54) is 24.3 Å². The van der Waals surface area contributed by atoms with Gasteiger partial charge in [0.1, 0.15) is 22.8 Å². The Bertz CT molecular complexity index is 1540. The van der Waals surface area contributed by atoms with Crippen molar-refractivity contribution in [2.75, 3.05) is 31.0 Å². The molecule has 2 aromatic rings. The number of rotatable bonds is 13. The van der Waals surface area contributed by atoms with Crippen molar-refractivity contribution in [1.29, 1.82) is 0 Å². The molecule has 1 unspecified atom stereocenters. The second kappa shape index (κ2) is 13.3. The van der Waals surface area contributed by atoms with Crippen molar-refractivity contribution in [3.63, 3.8) is 0 Å². The summed E-state index contributed by atoms with van der Waals surface area (Å²) in [7, 11) is 1.23. The molecule has 0 saturated carbocycles. The van der Waals surface area contributed by atoms with Crippen molar-refractivity contribution in [1.82, 2.24) is 40.9 Å². The van der Waals surface area contributed by atoms with E-state index in [1.807, 2.05) is 0 Å². The predicted octanol–water partition coefficient (Wildman–Crippen LogP) is -1.37. The molecular formula is C21H20N10O8S3. The van der Waals surface area contributed by atoms with Crippen LogP contribution in [0.25, 0.3) is 6.20 Å². The number of tetrazole rings is 1. The summed E-state index contributed by atoms with van der Waals surface area (Å²) in [5.74, 6) is -1.64. The molecule has 0 spiro atoms. The molecular weight excluding hydrogens is 616 g/mol. The minimum absolute atomic E-state index is 0.0606. The molecule has 2 aromatic heterocycles. The molecule has 18 nitrogen and oxygen atoms in total. The number of carbonyl (C=O) groups excluding carboxylic acids is 2. The third-order valence-corrected chi connectivity index (χ3v) is 8.38. The minimum Gasteiger partial charge on any atom is -0.477 e. The van der Waals surface area contributed by atoms with E-state index in [0.29, 0.717) is 5.57 Å². The highest BCUT2D eigenvalue weighted by molar-refractivity contribution is 8.01. The number of hydrogen-bond donors (Lipinski definition) is 5. The Kier molecular flexibility index (Phi) is 9.63. The zero-order valence-corrected chi connectivity index (χ0v) is 23.7. The summed E-state index contributed by atoms with van der Waals surface area (Å²) in [6, 6.07) is -1.06. The molecule has 220 valence electrons. The Hall–Kier alpha value is -4.65.